The molecule has 1 saturated heterocycles. The molecular weight excluding hydrogens is 592 g/mol. The second kappa shape index (κ2) is 11.2. The van der Waals surface area contributed by atoms with Crippen LogP contribution < -0.4 is 9.64 Å². The second-order valence-electron chi connectivity index (χ2n) is 9.49. The van der Waals surface area contributed by atoms with Crippen LogP contribution in [0, 0.1) is 13.8 Å². The van der Waals surface area contributed by atoms with E-state index in [-0.39, 0.29) is 22.2 Å². The van der Waals surface area contributed by atoms with Gasteiger partial charge in [-0.25, -0.2) is 4.98 Å². The maximum Gasteiger partial charge on any atom is 0.301 e. The zero-order valence-corrected chi connectivity index (χ0v) is 24.4. The highest BCUT2D eigenvalue weighted by Crippen LogP contribution is 2.44. The van der Waals surface area contributed by atoms with Gasteiger partial charge >= 0.3 is 5.91 Å². The molecule has 0 saturated carbocycles. The summed E-state index contributed by atoms with van der Waals surface area (Å²) in [5, 5.41) is 11.6. The normalized spacial score (nSPS) is 16.4. The highest BCUT2D eigenvalue weighted by atomic mass is 79.9. The Morgan fingerprint density at radius 2 is 1.75 bits per heavy atom. The standard InChI is InChI=1S/C31H25BrN2O5S/c1-17-5-4-6-20(15-17)16-39-24-13-9-22(10-14-24)27(36)25-26(21-7-11-23(32)12-8-21)34(30(38)28(25)37)31-33-18(2)29(40-31)19(3)35/h4-15,26,36H,16H2,1-3H3. The van der Waals surface area contributed by atoms with Gasteiger partial charge in [0, 0.05) is 17.0 Å². The average Bonchev–Trinajstić information content (AvgIpc) is 3.44. The fourth-order valence-corrected chi connectivity index (χ4v) is 5.89. The minimum absolute atomic E-state index is 0.0574. The number of aliphatic hydroxyl groups is 1. The van der Waals surface area contributed by atoms with Gasteiger partial charge in [-0.15, -0.1) is 0 Å². The third kappa shape index (κ3) is 5.35. The van der Waals surface area contributed by atoms with Crippen LogP contribution >= 0.6 is 27.3 Å². The second-order valence-corrected chi connectivity index (χ2v) is 11.4. The van der Waals surface area contributed by atoms with Crippen molar-refractivity contribution >= 4 is 55.6 Å². The Hall–Kier alpha value is -4.08. The van der Waals surface area contributed by atoms with E-state index in [1.54, 1.807) is 55.5 Å². The molecule has 1 aromatic heterocycles. The van der Waals surface area contributed by atoms with Crippen molar-refractivity contribution in [1.82, 2.24) is 4.98 Å². The van der Waals surface area contributed by atoms with Crippen LogP contribution in [0.5, 0.6) is 5.75 Å². The smallest absolute Gasteiger partial charge is 0.301 e. The van der Waals surface area contributed by atoms with Crippen molar-refractivity contribution in [3.63, 3.8) is 0 Å². The summed E-state index contributed by atoms with van der Waals surface area (Å²) in [4.78, 5) is 45.0. The predicted octanol–water partition coefficient (Wildman–Crippen LogP) is 6.93. The van der Waals surface area contributed by atoms with Gasteiger partial charge in [0.1, 0.15) is 18.1 Å². The molecule has 1 aliphatic rings. The van der Waals surface area contributed by atoms with E-state index in [2.05, 4.69) is 20.9 Å². The minimum Gasteiger partial charge on any atom is -0.507 e. The quantitative estimate of drug-likeness (QED) is 0.105. The van der Waals surface area contributed by atoms with Crippen molar-refractivity contribution in [2.24, 2.45) is 0 Å². The van der Waals surface area contributed by atoms with Crippen LogP contribution in [0.2, 0.25) is 0 Å². The number of aryl methyl sites for hydroxylation is 2. The Bertz CT molecular complexity index is 1660. The number of amides is 1. The van der Waals surface area contributed by atoms with Gasteiger partial charge in [-0.1, -0.05) is 69.2 Å². The number of halogens is 1. The maximum atomic E-state index is 13.4. The number of hydrogen-bond donors (Lipinski definition) is 1. The van der Waals surface area contributed by atoms with E-state index in [1.165, 1.54) is 11.8 Å². The zero-order chi connectivity index (χ0) is 28.6. The highest BCUT2D eigenvalue weighted by Gasteiger charge is 2.48. The molecule has 3 aromatic carbocycles. The van der Waals surface area contributed by atoms with E-state index in [9.17, 15) is 19.5 Å². The Morgan fingerprint density at radius 3 is 2.38 bits per heavy atom. The molecule has 0 bridgehead atoms. The summed E-state index contributed by atoms with van der Waals surface area (Å²) in [6.07, 6.45) is 0. The van der Waals surface area contributed by atoms with Crippen molar-refractivity contribution in [3.8, 4) is 5.75 Å². The molecule has 1 fully saturated rings. The molecule has 5 rings (SSSR count). The molecule has 1 unspecified atom stereocenters. The number of ketones is 2. The molecule has 7 nitrogen and oxygen atoms in total. The molecule has 4 aromatic rings. The van der Waals surface area contributed by atoms with E-state index < -0.39 is 17.7 Å². The number of aliphatic hydroxyl groups excluding tert-OH is 1. The molecule has 2 heterocycles. The van der Waals surface area contributed by atoms with Crippen LogP contribution in [0.3, 0.4) is 0 Å². The van der Waals surface area contributed by atoms with Gasteiger partial charge in [-0.05, 0) is 61.4 Å². The molecule has 1 amide bonds. The molecule has 1 N–H and O–H groups in total. The van der Waals surface area contributed by atoms with Crippen LogP contribution in [0.1, 0.15) is 50.6 Å². The van der Waals surface area contributed by atoms with E-state index in [0.717, 1.165) is 26.9 Å². The van der Waals surface area contributed by atoms with Crippen molar-refractivity contribution in [3.05, 3.63) is 116 Å². The number of ether oxygens (including phenoxy) is 1. The van der Waals surface area contributed by atoms with Gasteiger partial charge < -0.3 is 9.84 Å². The topological polar surface area (TPSA) is 96.8 Å². The van der Waals surface area contributed by atoms with Gasteiger partial charge in [-0.2, -0.15) is 0 Å². The van der Waals surface area contributed by atoms with E-state index in [4.69, 9.17) is 4.74 Å². The summed E-state index contributed by atoms with van der Waals surface area (Å²) in [6.45, 7) is 5.52. The molecule has 0 spiro atoms. The largest absolute Gasteiger partial charge is 0.507 e. The monoisotopic (exact) mass is 616 g/mol. The van der Waals surface area contributed by atoms with Crippen LogP contribution in [0.25, 0.3) is 5.76 Å². The van der Waals surface area contributed by atoms with Gasteiger partial charge in [0.05, 0.1) is 22.2 Å². The predicted molar refractivity (Wildman–Crippen MR) is 158 cm³/mol. The van der Waals surface area contributed by atoms with Gasteiger partial charge in [0.25, 0.3) is 5.78 Å². The summed E-state index contributed by atoms with van der Waals surface area (Å²) < 4.78 is 6.71. The van der Waals surface area contributed by atoms with Crippen molar-refractivity contribution < 1.29 is 24.2 Å². The third-order valence-corrected chi connectivity index (χ3v) is 8.34. The van der Waals surface area contributed by atoms with Crippen molar-refractivity contribution in [2.45, 2.75) is 33.4 Å². The van der Waals surface area contributed by atoms with Crippen LogP contribution in [-0.2, 0) is 16.2 Å². The van der Waals surface area contributed by atoms with Crippen molar-refractivity contribution in [2.75, 3.05) is 4.90 Å². The third-order valence-electron chi connectivity index (χ3n) is 6.56. The Kier molecular flexibility index (Phi) is 7.69. The SMILES string of the molecule is CC(=O)c1sc(N2C(=O)C(=O)C(=C(O)c3ccc(OCc4cccc(C)c4)cc3)C2c2ccc(Br)cc2)nc1C. The lowest BCUT2D eigenvalue weighted by Gasteiger charge is -2.23. The number of benzene rings is 3. The van der Waals surface area contributed by atoms with Crippen molar-refractivity contribution in [1.29, 1.82) is 0 Å². The van der Waals surface area contributed by atoms with Gasteiger partial charge in [-0.3, -0.25) is 19.3 Å². The molecule has 0 radical (unpaired) electrons. The molecule has 9 heteroatoms. The number of Topliss-reactive ketones (excluding diaryl/α,β-unsaturated/α-hetero) is 2. The number of carbonyl (C=O) groups is 3. The number of thiazole rings is 1. The summed E-state index contributed by atoms with van der Waals surface area (Å²) >= 11 is 4.47. The first-order valence-electron chi connectivity index (χ1n) is 12.5. The first-order valence-corrected chi connectivity index (χ1v) is 14.1. The number of hydrogen-bond acceptors (Lipinski definition) is 7. The minimum atomic E-state index is -0.935. The Morgan fingerprint density at radius 1 is 1.05 bits per heavy atom. The highest BCUT2D eigenvalue weighted by molar-refractivity contribution is 9.10. The molecule has 202 valence electrons. The number of nitrogens with zero attached hydrogens (tertiary/aromatic N) is 2. The van der Waals surface area contributed by atoms with Gasteiger partial charge in [0.2, 0.25) is 0 Å². The number of rotatable bonds is 7. The molecular formula is C31H25BrN2O5S. The zero-order valence-electron chi connectivity index (χ0n) is 22.0. The first-order chi connectivity index (χ1) is 19.1. The fraction of sp³-hybridized carbons (Fsp3) is 0.161. The summed E-state index contributed by atoms with van der Waals surface area (Å²) in [6, 6.07) is 20.9. The molecule has 1 atom stereocenters. The number of anilines is 1. The lowest BCUT2D eigenvalue weighted by Crippen LogP contribution is -2.29. The fourth-order valence-electron chi connectivity index (χ4n) is 4.64. The lowest BCUT2D eigenvalue weighted by atomic mass is 9.95. The average molecular weight is 618 g/mol. The van der Waals surface area contributed by atoms with E-state index in [1.807, 2.05) is 31.2 Å². The molecule has 40 heavy (non-hydrogen) atoms. The first kappa shape index (κ1) is 27.5. The van der Waals surface area contributed by atoms with E-state index in [0.29, 0.717) is 34.1 Å². The van der Waals surface area contributed by atoms with E-state index >= 15 is 0 Å². The lowest BCUT2D eigenvalue weighted by molar-refractivity contribution is -0.132. The summed E-state index contributed by atoms with van der Waals surface area (Å²) in [5.74, 6) is -1.54. The van der Waals surface area contributed by atoms with Crippen LogP contribution in [0.4, 0.5) is 5.13 Å². The molecule has 0 aliphatic carbocycles. The van der Waals surface area contributed by atoms with Crippen LogP contribution in [-0.4, -0.2) is 27.6 Å². The Labute approximate surface area is 243 Å². The summed E-state index contributed by atoms with van der Waals surface area (Å²) in [5.41, 5.74) is 3.57. The number of carbonyl (C=O) groups excluding carboxylic acids is 3. The maximum absolute atomic E-state index is 13.4. The summed E-state index contributed by atoms with van der Waals surface area (Å²) in [7, 11) is 0. The molecule has 1 aliphatic heterocycles. The Balaban J connectivity index is 1.52. The van der Waals surface area contributed by atoms with Gasteiger partial charge in [0.15, 0.2) is 10.9 Å². The van der Waals surface area contributed by atoms with Crippen LogP contribution in [0.15, 0.2) is 82.8 Å². The number of aromatic nitrogens is 1.